The molecule has 0 saturated carbocycles. The second-order valence-electron chi connectivity index (χ2n) is 4.73. The molecular formula is C13H16BrNO2. The number of hydrogen-bond donors (Lipinski definition) is 1. The Bertz CT molecular complexity index is 418. The molecule has 0 heterocycles. The summed E-state index contributed by atoms with van der Waals surface area (Å²) in [4.78, 5) is 16.6. The Labute approximate surface area is 110 Å². The number of hydroxylamine groups is 1. The van der Waals surface area contributed by atoms with Crippen LogP contribution in [0.25, 0.3) is 0 Å². The zero-order chi connectivity index (χ0) is 13.1. The second kappa shape index (κ2) is 5.36. The Kier molecular flexibility index (Phi) is 4.34. The van der Waals surface area contributed by atoms with Gasteiger partial charge in [-0.1, -0.05) is 43.3 Å². The van der Waals surface area contributed by atoms with Crippen molar-refractivity contribution in [1.29, 1.82) is 0 Å². The largest absolute Gasteiger partial charge is 0.362 e. The van der Waals surface area contributed by atoms with Crippen molar-refractivity contribution in [3.05, 3.63) is 46.6 Å². The molecule has 0 aliphatic carbocycles. The molecule has 0 fully saturated rings. The summed E-state index contributed by atoms with van der Waals surface area (Å²) in [5, 5.41) is 0. The van der Waals surface area contributed by atoms with Crippen LogP contribution in [0.5, 0.6) is 0 Å². The molecule has 0 radical (unpaired) electrons. The minimum absolute atomic E-state index is 0.153. The van der Waals surface area contributed by atoms with Crippen molar-refractivity contribution in [2.75, 3.05) is 0 Å². The van der Waals surface area contributed by atoms with E-state index >= 15 is 0 Å². The Balaban J connectivity index is 2.56. The van der Waals surface area contributed by atoms with E-state index < -0.39 is 5.97 Å². The molecule has 3 nitrogen and oxygen atoms in total. The maximum absolute atomic E-state index is 11.6. The van der Waals surface area contributed by atoms with Gasteiger partial charge in [-0.3, -0.25) is 0 Å². The summed E-state index contributed by atoms with van der Waals surface area (Å²) in [6.07, 6.45) is 0. The number of carbonyl (C=O) groups is 1. The van der Waals surface area contributed by atoms with Crippen LogP contribution >= 0.6 is 15.9 Å². The molecule has 0 aromatic heterocycles. The Morgan fingerprint density at radius 3 is 2.29 bits per heavy atom. The third-order valence-corrected chi connectivity index (χ3v) is 2.78. The smallest absolute Gasteiger partial charge is 0.338 e. The number of allylic oxidation sites excluding steroid dienone is 1. The Morgan fingerprint density at radius 2 is 1.82 bits per heavy atom. The first kappa shape index (κ1) is 13.8. The molecule has 92 valence electrons. The fourth-order valence-electron chi connectivity index (χ4n) is 0.906. The Morgan fingerprint density at radius 1 is 1.29 bits per heavy atom. The number of rotatable bonds is 3. The molecule has 0 aliphatic heterocycles. The lowest BCUT2D eigenvalue weighted by atomic mass is 9.93. The SMILES string of the molecule is C=C(NOC(=O)c1ccc(Br)cc1)C(C)(C)C. The normalized spacial score (nSPS) is 10.8. The van der Waals surface area contributed by atoms with Crippen molar-refractivity contribution in [1.82, 2.24) is 5.48 Å². The minimum atomic E-state index is -0.428. The van der Waals surface area contributed by atoms with Gasteiger partial charge >= 0.3 is 5.97 Å². The van der Waals surface area contributed by atoms with Crippen LogP contribution in [-0.4, -0.2) is 5.97 Å². The van der Waals surface area contributed by atoms with Crippen LogP contribution in [0.4, 0.5) is 0 Å². The van der Waals surface area contributed by atoms with E-state index in [0.29, 0.717) is 11.3 Å². The predicted molar refractivity (Wildman–Crippen MR) is 71.3 cm³/mol. The third kappa shape index (κ3) is 4.23. The first-order chi connectivity index (χ1) is 7.80. The third-order valence-electron chi connectivity index (χ3n) is 2.25. The van der Waals surface area contributed by atoms with Gasteiger partial charge in [-0.25, -0.2) is 10.3 Å². The van der Waals surface area contributed by atoms with Crippen molar-refractivity contribution < 1.29 is 9.63 Å². The molecule has 0 atom stereocenters. The number of hydrogen-bond acceptors (Lipinski definition) is 3. The molecule has 4 heteroatoms. The van der Waals surface area contributed by atoms with Gasteiger partial charge < -0.3 is 4.84 Å². The predicted octanol–water partition coefficient (Wildman–Crippen LogP) is 3.67. The summed E-state index contributed by atoms with van der Waals surface area (Å²) >= 11 is 3.30. The van der Waals surface area contributed by atoms with Crippen molar-refractivity contribution in [2.45, 2.75) is 20.8 Å². The average Bonchev–Trinajstić information content (AvgIpc) is 2.25. The van der Waals surface area contributed by atoms with Gasteiger partial charge in [-0.05, 0) is 24.3 Å². The maximum Gasteiger partial charge on any atom is 0.362 e. The Hall–Kier alpha value is -1.29. The number of carbonyl (C=O) groups excluding carboxylic acids is 1. The standard InChI is InChI=1S/C13H16BrNO2/c1-9(13(2,3)4)15-17-12(16)10-5-7-11(14)8-6-10/h5-8,15H,1H2,2-4H3. The lowest BCUT2D eigenvalue weighted by molar-refractivity contribution is 0.0288. The van der Waals surface area contributed by atoms with Gasteiger partial charge in [0.25, 0.3) is 0 Å². The number of nitrogens with one attached hydrogen (secondary N) is 1. The van der Waals surface area contributed by atoms with Gasteiger partial charge in [0.2, 0.25) is 0 Å². The second-order valence-corrected chi connectivity index (χ2v) is 5.64. The van der Waals surface area contributed by atoms with Gasteiger partial charge in [0.05, 0.1) is 5.56 Å². The van der Waals surface area contributed by atoms with Gasteiger partial charge in [-0.15, -0.1) is 0 Å². The number of halogens is 1. The molecule has 1 N–H and O–H groups in total. The van der Waals surface area contributed by atoms with Crippen molar-refractivity contribution >= 4 is 21.9 Å². The highest BCUT2D eigenvalue weighted by Gasteiger charge is 2.16. The van der Waals surface area contributed by atoms with E-state index in [4.69, 9.17) is 4.84 Å². The highest BCUT2D eigenvalue weighted by atomic mass is 79.9. The van der Waals surface area contributed by atoms with E-state index in [1.54, 1.807) is 24.3 Å². The fourth-order valence-corrected chi connectivity index (χ4v) is 1.17. The zero-order valence-corrected chi connectivity index (χ0v) is 11.8. The van der Waals surface area contributed by atoms with Crippen LogP contribution in [-0.2, 0) is 4.84 Å². The first-order valence-corrected chi connectivity index (χ1v) is 6.02. The summed E-state index contributed by atoms with van der Waals surface area (Å²) < 4.78 is 0.918. The zero-order valence-electron chi connectivity index (χ0n) is 10.2. The van der Waals surface area contributed by atoms with Crippen molar-refractivity contribution in [2.24, 2.45) is 5.41 Å². The van der Waals surface area contributed by atoms with Crippen LogP contribution in [0.15, 0.2) is 41.0 Å². The maximum atomic E-state index is 11.6. The van der Waals surface area contributed by atoms with E-state index in [9.17, 15) is 4.79 Å². The lowest BCUT2D eigenvalue weighted by Crippen LogP contribution is -2.26. The molecule has 0 saturated heterocycles. The highest BCUT2D eigenvalue weighted by molar-refractivity contribution is 9.10. The summed E-state index contributed by atoms with van der Waals surface area (Å²) in [6, 6.07) is 6.95. The van der Waals surface area contributed by atoms with E-state index in [2.05, 4.69) is 28.0 Å². The average molecular weight is 298 g/mol. The van der Waals surface area contributed by atoms with Gasteiger partial charge in [0.1, 0.15) is 0 Å². The molecule has 17 heavy (non-hydrogen) atoms. The molecule has 0 spiro atoms. The molecule has 0 aliphatic rings. The van der Waals surface area contributed by atoms with E-state index in [0.717, 1.165) is 4.47 Å². The van der Waals surface area contributed by atoms with Crippen LogP contribution in [0.3, 0.4) is 0 Å². The number of benzene rings is 1. The topological polar surface area (TPSA) is 38.3 Å². The molecule has 0 unspecified atom stereocenters. The van der Waals surface area contributed by atoms with Crippen LogP contribution in [0, 0.1) is 5.41 Å². The molecule has 0 bridgehead atoms. The van der Waals surface area contributed by atoms with E-state index in [1.807, 2.05) is 20.8 Å². The summed E-state index contributed by atoms with van der Waals surface area (Å²) in [6.45, 7) is 9.76. The quantitative estimate of drug-likeness (QED) is 0.865. The molecular weight excluding hydrogens is 282 g/mol. The van der Waals surface area contributed by atoms with Crippen molar-refractivity contribution in [3.63, 3.8) is 0 Å². The lowest BCUT2D eigenvalue weighted by Gasteiger charge is -2.21. The van der Waals surface area contributed by atoms with Gasteiger partial charge in [0.15, 0.2) is 0 Å². The molecule has 1 rings (SSSR count). The van der Waals surface area contributed by atoms with Crippen LogP contribution in [0.2, 0.25) is 0 Å². The van der Waals surface area contributed by atoms with Gasteiger partial charge in [0, 0.05) is 15.6 Å². The minimum Gasteiger partial charge on any atom is -0.338 e. The highest BCUT2D eigenvalue weighted by Crippen LogP contribution is 2.21. The van der Waals surface area contributed by atoms with E-state index in [-0.39, 0.29) is 5.41 Å². The summed E-state index contributed by atoms with van der Waals surface area (Å²) in [5.41, 5.74) is 3.57. The molecule has 1 aromatic rings. The van der Waals surface area contributed by atoms with Gasteiger partial charge in [-0.2, -0.15) is 0 Å². The fraction of sp³-hybridized carbons (Fsp3) is 0.308. The monoisotopic (exact) mass is 297 g/mol. The summed E-state index contributed by atoms with van der Waals surface area (Å²) in [5.74, 6) is -0.428. The van der Waals surface area contributed by atoms with Crippen LogP contribution < -0.4 is 5.48 Å². The van der Waals surface area contributed by atoms with Crippen LogP contribution in [0.1, 0.15) is 31.1 Å². The molecule has 0 amide bonds. The van der Waals surface area contributed by atoms with E-state index in [1.165, 1.54) is 0 Å². The molecule has 1 aromatic carbocycles. The first-order valence-electron chi connectivity index (χ1n) is 5.23. The summed E-state index contributed by atoms with van der Waals surface area (Å²) in [7, 11) is 0. The van der Waals surface area contributed by atoms with Crippen molar-refractivity contribution in [3.8, 4) is 0 Å².